The Morgan fingerprint density at radius 3 is 2.93 bits per heavy atom. The van der Waals surface area contributed by atoms with Crippen LogP contribution in [0.1, 0.15) is 17.9 Å². The molecule has 2 N–H and O–H groups in total. The molecule has 8 nitrogen and oxygen atoms in total. The second-order valence-electron chi connectivity index (χ2n) is 6.17. The molecule has 0 spiro atoms. The normalized spacial score (nSPS) is 18.7. The van der Waals surface area contributed by atoms with Crippen LogP contribution in [0, 0.1) is 0 Å². The zero-order chi connectivity index (χ0) is 19.4. The number of alkyl halides is 3. The fraction of sp³-hybridized carbons (Fsp3) is 0.562. The molecule has 0 aromatic carbocycles. The summed E-state index contributed by atoms with van der Waals surface area (Å²) in [6, 6.07) is 1.35. The number of aromatic amines is 1. The number of nitrogens with one attached hydrogen (secondary N) is 1. The van der Waals surface area contributed by atoms with Gasteiger partial charge in [0.2, 0.25) is 5.82 Å². The Morgan fingerprint density at radius 2 is 2.22 bits per heavy atom. The molecule has 1 aliphatic heterocycles. The van der Waals surface area contributed by atoms with Crippen LogP contribution in [0.2, 0.25) is 0 Å². The van der Waals surface area contributed by atoms with Gasteiger partial charge in [-0.1, -0.05) is 5.16 Å². The standard InChI is InChI=1S/C16H19F3N4O4/c17-16(18,19)15-21-13(22-27-15)11-3-4-20-14(25)12(11)2-1-5-23-6-7-26-9-10(23)8-24/h3-4,10,24H,1-2,5-9H2,(H,20,25). The van der Waals surface area contributed by atoms with Crippen molar-refractivity contribution in [1.29, 1.82) is 0 Å². The number of aromatic nitrogens is 3. The van der Waals surface area contributed by atoms with Gasteiger partial charge in [0.1, 0.15) is 0 Å². The third-order valence-corrected chi connectivity index (χ3v) is 4.41. The van der Waals surface area contributed by atoms with E-state index in [1.54, 1.807) is 0 Å². The molecule has 0 aliphatic carbocycles. The molecular formula is C16H19F3N4O4. The SMILES string of the molecule is O=c1[nH]ccc(-c2noc(C(F)(F)F)n2)c1CCCN1CCOCC1CO. The highest BCUT2D eigenvalue weighted by Crippen LogP contribution is 2.29. The highest BCUT2D eigenvalue weighted by atomic mass is 19.4. The molecule has 1 aliphatic rings. The van der Waals surface area contributed by atoms with Gasteiger partial charge in [0.25, 0.3) is 5.56 Å². The number of aliphatic hydroxyl groups is 1. The van der Waals surface area contributed by atoms with E-state index in [1.165, 1.54) is 12.3 Å². The van der Waals surface area contributed by atoms with Gasteiger partial charge in [0.05, 0.1) is 25.9 Å². The second-order valence-corrected chi connectivity index (χ2v) is 6.17. The number of aliphatic hydroxyl groups excluding tert-OH is 1. The molecule has 2 aromatic heterocycles. The molecule has 1 atom stereocenters. The topological polar surface area (TPSA) is 104 Å². The van der Waals surface area contributed by atoms with Crippen LogP contribution >= 0.6 is 0 Å². The van der Waals surface area contributed by atoms with Crippen molar-refractivity contribution < 1.29 is 27.5 Å². The number of hydrogen-bond donors (Lipinski definition) is 2. The van der Waals surface area contributed by atoms with Gasteiger partial charge in [-0.05, 0) is 25.5 Å². The summed E-state index contributed by atoms with van der Waals surface area (Å²) in [5.74, 6) is -1.73. The van der Waals surface area contributed by atoms with Crippen molar-refractivity contribution in [1.82, 2.24) is 20.0 Å². The molecule has 0 bridgehead atoms. The van der Waals surface area contributed by atoms with Crippen molar-refractivity contribution in [2.24, 2.45) is 0 Å². The molecule has 0 saturated carbocycles. The Hall–Kier alpha value is -2.24. The fourth-order valence-electron chi connectivity index (χ4n) is 3.03. The van der Waals surface area contributed by atoms with Crippen LogP contribution in [-0.2, 0) is 17.3 Å². The number of morpholine rings is 1. The third-order valence-electron chi connectivity index (χ3n) is 4.41. The maximum absolute atomic E-state index is 12.7. The summed E-state index contributed by atoms with van der Waals surface area (Å²) in [5, 5.41) is 12.7. The van der Waals surface area contributed by atoms with E-state index in [0.29, 0.717) is 44.7 Å². The van der Waals surface area contributed by atoms with E-state index in [1.807, 2.05) is 0 Å². The first-order valence-electron chi connectivity index (χ1n) is 8.44. The molecule has 0 amide bonds. The Bertz CT molecular complexity index is 820. The molecule has 2 aromatic rings. The monoisotopic (exact) mass is 388 g/mol. The lowest BCUT2D eigenvalue weighted by atomic mass is 10.0. The highest BCUT2D eigenvalue weighted by Gasteiger charge is 2.38. The first kappa shape index (κ1) is 19.5. The minimum atomic E-state index is -4.75. The minimum absolute atomic E-state index is 0.0275. The minimum Gasteiger partial charge on any atom is -0.395 e. The smallest absolute Gasteiger partial charge is 0.395 e. The molecule has 148 valence electrons. The number of H-pyrrole nitrogens is 1. The van der Waals surface area contributed by atoms with Gasteiger partial charge in [0, 0.05) is 23.9 Å². The summed E-state index contributed by atoms with van der Waals surface area (Å²) >= 11 is 0. The Kier molecular flexibility index (Phi) is 5.92. The average Bonchev–Trinajstić information content (AvgIpc) is 3.14. The number of pyridine rings is 1. The van der Waals surface area contributed by atoms with Crippen molar-refractivity contribution in [2.75, 3.05) is 32.9 Å². The van der Waals surface area contributed by atoms with Gasteiger partial charge in [-0.3, -0.25) is 9.69 Å². The van der Waals surface area contributed by atoms with Gasteiger partial charge in [0.15, 0.2) is 0 Å². The summed E-state index contributed by atoms with van der Waals surface area (Å²) in [6.45, 7) is 2.26. The van der Waals surface area contributed by atoms with Crippen LogP contribution in [0.3, 0.4) is 0 Å². The molecule has 3 rings (SSSR count). The molecule has 1 fully saturated rings. The quantitative estimate of drug-likeness (QED) is 0.763. The van der Waals surface area contributed by atoms with Crippen molar-refractivity contribution >= 4 is 0 Å². The van der Waals surface area contributed by atoms with E-state index in [4.69, 9.17) is 4.74 Å². The lowest BCUT2D eigenvalue weighted by molar-refractivity contribution is -0.159. The maximum Gasteiger partial charge on any atom is 0.471 e. The van der Waals surface area contributed by atoms with Gasteiger partial charge < -0.3 is 19.4 Å². The van der Waals surface area contributed by atoms with Crippen LogP contribution < -0.4 is 5.56 Å². The van der Waals surface area contributed by atoms with E-state index >= 15 is 0 Å². The molecule has 3 heterocycles. The number of halogens is 3. The van der Waals surface area contributed by atoms with E-state index in [9.17, 15) is 23.1 Å². The molecule has 1 unspecified atom stereocenters. The summed E-state index contributed by atoms with van der Waals surface area (Å²) in [4.78, 5) is 20.1. The molecule has 27 heavy (non-hydrogen) atoms. The van der Waals surface area contributed by atoms with Crippen molar-refractivity contribution in [2.45, 2.75) is 25.1 Å². The van der Waals surface area contributed by atoms with E-state index < -0.39 is 17.6 Å². The third kappa shape index (κ3) is 4.54. The van der Waals surface area contributed by atoms with Crippen LogP contribution in [0.25, 0.3) is 11.4 Å². The van der Waals surface area contributed by atoms with Crippen LogP contribution in [0.4, 0.5) is 13.2 Å². The Balaban J connectivity index is 1.74. The van der Waals surface area contributed by atoms with Crippen LogP contribution in [-0.4, -0.2) is 64.1 Å². The lowest BCUT2D eigenvalue weighted by Gasteiger charge is -2.34. The number of nitrogens with zero attached hydrogens (tertiary/aromatic N) is 3. The van der Waals surface area contributed by atoms with Crippen molar-refractivity contribution in [3.8, 4) is 11.4 Å². The van der Waals surface area contributed by atoms with E-state index in [2.05, 4.69) is 24.5 Å². The highest BCUT2D eigenvalue weighted by molar-refractivity contribution is 5.58. The predicted octanol–water partition coefficient (Wildman–Crippen LogP) is 1.07. The first-order valence-corrected chi connectivity index (χ1v) is 8.44. The first-order chi connectivity index (χ1) is 12.9. The van der Waals surface area contributed by atoms with Crippen LogP contribution in [0.5, 0.6) is 0 Å². The van der Waals surface area contributed by atoms with Gasteiger partial charge >= 0.3 is 12.1 Å². The summed E-state index contributed by atoms with van der Waals surface area (Å²) in [7, 11) is 0. The van der Waals surface area contributed by atoms with Crippen molar-refractivity contribution in [3.05, 3.63) is 34.1 Å². The van der Waals surface area contributed by atoms with E-state index in [0.717, 1.165) is 0 Å². The lowest BCUT2D eigenvalue weighted by Crippen LogP contribution is -2.47. The molecule has 11 heteroatoms. The number of rotatable bonds is 6. The molecule has 1 saturated heterocycles. The summed E-state index contributed by atoms with van der Waals surface area (Å²) in [5.41, 5.74) is 0.0889. The zero-order valence-electron chi connectivity index (χ0n) is 14.3. The van der Waals surface area contributed by atoms with Gasteiger partial charge in [-0.2, -0.15) is 18.2 Å². The Labute approximate surface area is 151 Å². The maximum atomic E-state index is 12.7. The van der Waals surface area contributed by atoms with Gasteiger partial charge in [-0.15, -0.1) is 0 Å². The second kappa shape index (κ2) is 8.19. The number of hydrogen-bond acceptors (Lipinski definition) is 7. The van der Waals surface area contributed by atoms with Crippen molar-refractivity contribution in [3.63, 3.8) is 0 Å². The Morgan fingerprint density at radius 1 is 1.41 bits per heavy atom. The number of ether oxygens (including phenoxy) is 1. The largest absolute Gasteiger partial charge is 0.471 e. The summed E-state index contributed by atoms with van der Waals surface area (Å²) < 4.78 is 47.6. The average molecular weight is 388 g/mol. The molecule has 0 radical (unpaired) electrons. The van der Waals surface area contributed by atoms with E-state index in [-0.39, 0.29) is 24.0 Å². The van der Waals surface area contributed by atoms with Crippen LogP contribution in [0.15, 0.2) is 21.6 Å². The fourth-order valence-corrected chi connectivity index (χ4v) is 3.03. The predicted molar refractivity (Wildman–Crippen MR) is 86.9 cm³/mol. The zero-order valence-corrected chi connectivity index (χ0v) is 14.3. The molecular weight excluding hydrogens is 369 g/mol. The van der Waals surface area contributed by atoms with Gasteiger partial charge in [-0.25, -0.2) is 0 Å². The summed E-state index contributed by atoms with van der Waals surface area (Å²) in [6.07, 6.45) is -2.53.